The van der Waals surface area contributed by atoms with E-state index >= 15 is 0 Å². The summed E-state index contributed by atoms with van der Waals surface area (Å²) in [5, 5.41) is 9.08. The lowest BCUT2D eigenvalue weighted by Gasteiger charge is -2.31. The predicted molar refractivity (Wildman–Crippen MR) is 188 cm³/mol. The summed E-state index contributed by atoms with van der Waals surface area (Å²) >= 11 is 7.37. The molecule has 5 rings (SSSR count). The summed E-state index contributed by atoms with van der Waals surface area (Å²) in [6, 6.07) is 28.5. The summed E-state index contributed by atoms with van der Waals surface area (Å²) in [6.07, 6.45) is 0.604. The molecule has 0 saturated carbocycles. The molecule has 0 bridgehead atoms. The number of benzene rings is 4. The van der Waals surface area contributed by atoms with Crippen molar-refractivity contribution in [2.45, 2.75) is 30.9 Å². The largest absolute Gasteiger partial charge is 0.497 e. The van der Waals surface area contributed by atoms with E-state index in [-0.39, 0.29) is 18.9 Å². The van der Waals surface area contributed by atoms with Gasteiger partial charge in [-0.2, -0.15) is 0 Å². The minimum Gasteiger partial charge on any atom is -0.497 e. The molecule has 0 saturated heterocycles. The van der Waals surface area contributed by atoms with Gasteiger partial charge < -0.3 is 24.1 Å². The molecule has 0 aromatic heterocycles. The second-order valence-electron chi connectivity index (χ2n) is 10.9. The van der Waals surface area contributed by atoms with E-state index < -0.39 is 11.6 Å². The smallest absolute Gasteiger partial charge is 0.266 e. The summed E-state index contributed by atoms with van der Waals surface area (Å²) < 4.78 is 24.9. The van der Waals surface area contributed by atoms with Crippen molar-refractivity contribution in [3.8, 4) is 17.2 Å². The van der Waals surface area contributed by atoms with Gasteiger partial charge in [0.25, 0.3) is 5.91 Å². The van der Waals surface area contributed by atoms with Gasteiger partial charge in [-0.05, 0) is 72.1 Å². The Morgan fingerprint density at radius 3 is 2.34 bits per heavy atom. The molecule has 1 aliphatic rings. The maximum absolute atomic E-state index is 14.5. The highest BCUT2D eigenvalue weighted by Crippen LogP contribution is 2.45. The molecule has 11 heteroatoms. The van der Waals surface area contributed by atoms with Gasteiger partial charge in [-0.25, -0.2) is 10.4 Å². The molecule has 1 amide bonds. The molecule has 1 aliphatic heterocycles. The van der Waals surface area contributed by atoms with Crippen molar-refractivity contribution in [3.05, 3.63) is 122 Å². The first-order chi connectivity index (χ1) is 22.9. The molecule has 0 spiro atoms. The zero-order chi connectivity index (χ0) is 33.2. The van der Waals surface area contributed by atoms with E-state index in [1.165, 1.54) is 0 Å². The quantitative estimate of drug-likeness (QED) is 0.0956. The number of aliphatic hydroxyl groups excluding tert-OH is 1. The van der Waals surface area contributed by atoms with Crippen LogP contribution < -0.4 is 25.1 Å². The molecule has 47 heavy (non-hydrogen) atoms. The van der Waals surface area contributed by atoms with E-state index in [0.717, 1.165) is 37.1 Å². The van der Waals surface area contributed by atoms with Gasteiger partial charge in [0, 0.05) is 46.1 Å². The number of aliphatic imine (C=N–C) groups is 1. The predicted octanol–water partition coefficient (Wildman–Crippen LogP) is 6.35. The zero-order valence-electron chi connectivity index (χ0n) is 26.2. The second-order valence-corrected chi connectivity index (χ2v) is 12.6. The fourth-order valence-corrected chi connectivity index (χ4v) is 6.32. The number of ether oxygens (including phenoxy) is 4. The number of rotatable bonds is 15. The standard InChI is InChI=1S/C36H37Br2N3O6/c1-44-28-16-17-32(45-2)25(22-28)18-19-39-41-35(43)36(23-26-8-3-5-10-30(26)37)33(29-9-4-6-11-31(29)38)47-34(40-36)24-12-14-27(15-13-24)46-21-7-20-42/h3-6,8-17,22,33,39,42H,7,18-21,23H2,1-2H3,(H,41,43)/t33-,36-/m0/s1. The van der Waals surface area contributed by atoms with Gasteiger partial charge in [-0.15, -0.1) is 0 Å². The Kier molecular flexibility index (Phi) is 11.9. The number of nitrogens with zero attached hydrogens (tertiary/aromatic N) is 1. The third kappa shape index (κ3) is 8.16. The fraction of sp³-hybridized carbons (Fsp3) is 0.278. The Hall–Kier alpha value is -3.90. The number of aliphatic hydroxyl groups is 1. The summed E-state index contributed by atoms with van der Waals surface area (Å²) in [5.41, 5.74) is 8.02. The topological polar surface area (TPSA) is 111 Å². The average molecular weight is 768 g/mol. The van der Waals surface area contributed by atoms with Crippen LogP contribution in [-0.4, -0.2) is 56.4 Å². The van der Waals surface area contributed by atoms with Crippen LogP contribution in [0.25, 0.3) is 0 Å². The van der Waals surface area contributed by atoms with Crippen molar-refractivity contribution in [2.24, 2.45) is 4.99 Å². The third-order valence-corrected chi connectivity index (χ3v) is 9.34. The van der Waals surface area contributed by atoms with E-state index in [1.54, 1.807) is 14.2 Å². The summed E-state index contributed by atoms with van der Waals surface area (Å²) in [4.78, 5) is 19.6. The van der Waals surface area contributed by atoms with E-state index in [9.17, 15) is 4.79 Å². The van der Waals surface area contributed by atoms with E-state index in [0.29, 0.717) is 43.2 Å². The highest BCUT2D eigenvalue weighted by Gasteiger charge is 2.54. The molecule has 3 N–H and O–H groups in total. The number of hydrogen-bond donors (Lipinski definition) is 3. The Morgan fingerprint density at radius 1 is 0.915 bits per heavy atom. The highest BCUT2D eigenvalue weighted by atomic mass is 79.9. The van der Waals surface area contributed by atoms with Crippen molar-refractivity contribution in [1.29, 1.82) is 0 Å². The first-order valence-corrected chi connectivity index (χ1v) is 16.8. The van der Waals surface area contributed by atoms with E-state index in [1.807, 2.05) is 91.0 Å². The number of methoxy groups -OCH3 is 2. The van der Waals surface area contributed by atoms with E-state index in [2.05, 4.69) is 42.7 Å². The summed E-state index contributed by atoms with van der Waals surface area (Å²) in [7, 11) is 3.25. The fourth-order valence-electron chi connectivity index (χ4n) is 5.40. The van der Waals surface area contributed by atoms with Crippen molar-refractivity contribution in [1.82, 2.24) is 10.9 Å². The van der Waals surface area contributed by atoms with Crippen LogP contribution in [0, 0.1) is 0 Å². The highest BCUT2D eigenvalue weighted by molar-refractivity contribution is 9.10. The molecule has 9 nitrogen and oxygen atoms in total. The van der Waals surface area contributed by atoms with Gasteiger partial charge in [0.15, 0.2) is 11.6 Å². The molecular weight excluding hydrogens is 730 g/mol. The van der Waals surface area contributed by atoms with Crippen molar-refractivity contribution >= 4 is 43.7 Å². The Morgan fingerprint density at radius 2 is 1.64 bits per heavy atom. The molecule has 246 valence electrons. The number of nitrogens with one attached hydrogen (secondary N) is 2. The first kappa shape index (κ1) is 34.4. The number of hydrogen-bond acceptors (Lipinski definition) is 8. The SMILES string of the molecule is COc1ccc(OC)c(CCNNC(=O)[C@@]2(Cc3ccccc3Br)N=C(c3ccc(OCCCO)cc3)O[C@H]2c2ccccc2Br)c1. The molecule has 0 unspecified atom stereocenters. The maximum atomic E-state index is 14.5. The van der Waals surface area contributed by atoms with Crippen molar-refractivity contribution < 1.29 is 28.8 Å². The van der Waals surface area contributed by atoms with Crippen molar-refractivity contribution in [3.63, 3.8) is 0 Å². The van der Waals surface area contributed by atoms with Crippen LogP contribution in [-0.2, 0) is 22.4 Å². The van der Waals surface area contributed by atoms with Gasteiger partial charge in [-0.1, -0.05) is 68.3 Å². The number of hydrazine groups is 1. The van der Waals surface area contributed by atoms with Crippen LogP contribution in [0.3, 0.4) is 0 Å². The molecule has 0 aliphatic carbocycles. The normalized spacial score (nSPS) is 17.0. The molecule has 4 aromatic rings. The van der Waals surface area contributed by atoms with Crippen LogP contribution in [0.4, 0.5) is 0 Å². The van der Waals surface area contributed by atoms with Crippen LogP contribution in [0.1, 0.15) is 34.8 Å². The van der Waals surface area contributed by atoms with E-state index in [4.69, 9.17) is 29.0 Å². The van der Waals surface area contributed by atoms with Crippen molar-refractivity contribution in [2.75, 3.05) is 34.0 Å². The third-order valence-electron chi connectivity index (χ3n) is 7.84. The minimum absolute atomic E-state index is 0.0604. The zero-order valence-corrected chi connectivity index (χ0v) is 29.3. The van der Waals surface area contributed by atoms with Crippen LogP contribution in [0.15, 0.2) is 105 Å². The van der Waals surface area contributed by atoms with Crippen LogP contribution in [0.2, 0.25) is 0 Å². The molecular formula is C36H37Br2N3O6. The van der Waals surface area contributed by atoms with Crippen LogP contribution >= 0.6 is 31.9 Å². The first-order valence-electron chi connectivity index (χ1n) is 15.2. The number of halogens is 2. The van der Waals surface area contributed by atoms with Gasteiger partial charge in [0.05, 0.1) is 20.8 Å². The van der Waals surface area contributed by atoms with Gasteiger partial charge >= 0.3 is 0 Å². The van der Waals surface area contributed by atoms with Gasteiger partial charge in [0.2, 0.25) is 5.90 Å². The average Bonchev–Trinajstić information content (AvgIpc) is 3.48. The number of carbonyl (C=O) groups excluding carboxylic acids is 1. The lowest BCUT2D eigenvalue weighted by Crippen LogP contribution is -2.54. The lowest BCUT2D eigenvalue weighted by atomic mass is 9.82. The Bertz CT molecular complexity index is 1700. The summed E-state index contributed by atoms with van der Waals surface area (Å²) in [5.74, 6) is 2.13. The monoisotopic (exact) mass is 765 g/mol. The molecule has 4 aromatic carbocycles. The minimum atomic E-state index is -1.39. The molecule has 1 heterocycles. The molecule has 0 radical (unpaired) electrons. The Labute approximate surface area is 291 Å². The second kappa shape index (κ2) is 16.3. The maximum Gasteiger partial charge on any atom is 0.266 e. The molecule has 2 atom stereocenters. The summed E-state index contributed by atoms with van der Waals surface area (Å²) in [6.45, 7) is 0.893. The van der Waals surface area contributed by atoms with Crippen LogP contribution in [0.5, 0.6) is 17.2 Å². The van der Waals surface area contributed by atoms with Gasteiger partial charge in [-0.3, -0.25) is 10.2 Å². The molecule has 0 fully saturated rings. The van der Waals surface area contributed by atoms with Gasteiger partial charge in [0.1, 0.15) is 17.2 Å². The number of carbonyl (C=O) groups is 1. The Balaban J connectivity index is 1.48. The lowest BCUT2D eigenvalue weighted by molar-refractivity contribution is -0.130. The number of amides is 1.